The summed E-state index contributed by atoms with van der Waals surface area (Å²) in [6, 6.07) is 5.56. The third-order valence-electron chi connectivity index (χ3n) is 1.09. The SMILES string of the molecule is S=C=Nc1c(Cl)cccc1I. The molecule has 1 aromatic carbocycles. The molecule has 0 saturated heterocycles. The molecule has 0 radical (unpaired) electrons. The van der Waals surface area contributed by atoms with Crippen LogP contribution < -0.4 is 0 Å². The summed E-state index contributed by atoms with van der Waals surface area (Å²) in [6.45, 7) is 0. The van der Waals surface area contributed by atoms with Crippen LogP contribution in [0.15, 0.2) is 23.2 Å². The van der Waals surface area contributed by atoms with Crippen LogP contribution in [-0.2, 0) is 0 Å². The summed E-state index contributed by atoms with van der Waals surface area (Å²) >= 11 is 12.4. The maximum Gasteiger partial charge on any atom is 0.106 e. The molecule has 1 rings (SSSR count). The normalized spacial score (nSPS) is 8.91. The van der Waals surface area contributed by atoms with E-state index in [2.05, 4.69) is 45.0 Å². The fourth-order valence-corrected chi connectivity index (χ4v) is 1.73. The number of thiocarbonyl (C=S) groups is 1. The molecule has 0 spiro atoms. The molecule has 0 amide bonds. The molecule has 0 saturated carbocycles. The minimum atomic E-state index is 0.606. The van der Waals surface area contributed by atoms with Gasteiger partial charge in [-0.15, -0.1) is 0 Å². The molecule has 0 fully saturated rings. The zero-order valence-corrected chi connectivity index (χ0v) is 9.07. The standard InChI is InChI=1S/C7H3ClINS/c8-5-2-1-3-6(9)7(5)10-4-11/h1-3H. The van der Waals surface area contributed by atoms with Crippen molar-refractivity contribution in [2.75, 3.05) is 0 Å². The van der Waals surface area contributed by atoms with Crippen molar-refractivity contribution in [3.63, 3.8) is 0 Å². The number of halogens is 2. The molecule has 4 heteroatoms. The van der Waals surface area contributed by atoms with Gasteiger partial charge >= 0.3 is 0 Å². The lowest BCUT2D eigenvalue weighted by atomic mass is 10.3. The van der Waals surface area contributed by atoms with Gasteiger partial charge in [-0.1, -0.05) is 17.7 Å². The van der Waals surface area contributed by atoms with Crippen LogP contribution in [0.5, 0.6) is 0 Å². The van der Waals surface area contributed by atoms with Crippen molar-refractivity contribution in [2.45, 2.75) is 0 Å². The molecule has 0 heterocycles. The van der Waals surface area contributed by atoms with E-state index in [1.807, 2.05) is 12.1 Å². The first-order valence-electron chi connectivity index (χ1n) is 2.77. The first kappa shape index (κ1) is 9.13. The molecule has 0 aromatic heterocycles. The van der Waals surface area contributed by atoms with Gasteiger partial charge in [0.1, 0.15) is 5.69 Å². The van der Waals surface area contributed by atoms with Gasteiger partial charge in [0.25, 0.3) is 0 Å². The summed E-state index contributed by atoms with van der Waals surface area (Å²) < 4.78 is 0.979. The molecule has 1 nitrogen and oxygen atoms in total. The lowest BCUT2D eigenvalue weighted by Crippen LogP contribution is -1.73. The van der Waals surface area contributed by atoms with Crippen LogP contribution in [0.4, 0.5) is 5.69 Å². The van der Waals surface area contributed by atoms with Crippen LogP contribution in [-0.4, -0.2) is 5.16 Å². The van der Waals surface area contributed by atoms with E-state index in [9.17, 15) is 0 Å². The molecule has 0 aliphatic rings. The molecule has 0 aliphatic carbocycles. The molecule has 11 heavy (non-hydrogen) atoms. The Bertz CT molecular complexity index is 300. The van der Waals surface area contributed by atoms with Gasteiger partial charge in [0, 0.05) is 3.57 Å². The van der Waals surface area contributed by atoms with Crippen molar-refractivity contribution in [1.82, 2.24) is 0 Å². The predicted molar refractivity (Wildman–Crippen MR) is 58.9 cm³/mol. The fourth-order valence-electron chi connectivity index (χ4n) is 0.641. The summed E-state index contributed by atoms with van der Waals surface area (Å²) in [7, 11) is 0. The number of hydrogen-bond donors (Lipinski definition) is 0. The first-order chi connectivity index (χ1) is 5.25. The molecular weight excluding hydrogens is 293 g/mol. The highest BCUT2D eigenvalue weighted by Gasteiger charge is 2.00. The Morgan fingerprint density at radius 2 is 2.27 bits per heavy atom. The Balaban J connectivity index is 3.31. The average Bonchev–Trinajstić information content (AvgIpc) is 1.97. The predicted octanol–water partition coefficient (Wildman–Crippen LogP) is 3.68. The summed E-state index contributed by atoms with van der Waals surface area (Å²) in [4.78, 5) is 3.83. The van der Waals surface area contributed by atoms with E-state index >= 15 is 0 Å². The van der Waals surface area contributed by atoms with E-state index in [0.717, 1.165) is 3.57 Å². The van der Waals surface area contributed by atoms with Gasteiger partial charge in [-0.25, -0.2) is 0 Å². The van der Waals surface area contributed by atoms with Crippen LogP contribution in [0.25, 0.3) is 0 Å². The third-order valence-corrected chi connectivity index (χ3v) is 2.36. The number of isothiocyanates is 1. The highest BCUT2D eigenvalue weighted by atomic mass is 127. The van der Waals surface area contributed by atoms with E-state index in [-0.39, 0.29) is 0 Å². The van der Waals surface area contributed by atoms with Gasteiger partial charge in [-0.3, -0.25) is 0 Å². The van der Waals surface area contributed by atoms with Crippen LogP contribution in [0, 0.1) is 3.57 Å². The number of rotatable bonds is 1. The van der Waals surface area contributed by atoms with Gasteiger partial charge in [0.05, 0.1) is 10.2 Å². The molecule has 0 N–H and O–H groups in total. The van der Waals surface area contributed by atoms with E-state index in [0.29, 0.717) is 10.7 Å². The van der Waals surface area contributed by atoms with Gasteiger partial charge in [0.2, 0.25) is 0 Å². The van der Waals surface area contributed by atoms with Crippen molar-refractivity contribution < 1.29 is 0 Å². The minimum absolute atomic E-state index is 0.606. The first-order valence-corrected chi connectivity index (χ1v) is 4.64. The smallest absolute Gasteiger partial charge is 0.106 e. The lowest BCUT2D eigenvalue weighted by Gasteiger charge is -1.97. The van der Waals surface area contributed by atoms with E-state index in [4.69, 9.17) is 11.6 Å². The molecule has 0 aliphatic heterocycles. The largest absolute Gasteiger partial charge is 0.192 e. The molecule has 0 unspecified atom stereocenters. The highest BCUT2D eigenvalue weighted by Crippen LogP contribution is 2.29. The third kappa shape index (κ3) is 2.24. The molecular formula is C7H3ClINS. The Morgan fingerprint density at radius 3 is 2.82 bits per heavy atom. The summed E-state index contributed by atoms with van der Waals surface area (Å²) in [5.74, 6) is 0. The summed E-state index contributed by atoms with van der Waals surface area (Å²) in [5, 5.41) is 2.89. The number of aliphatic imine (C=N–C) groups is 1. The second kappa shape index (κ2) is 4.16. The van der Waals surface area contributed by atoms with E-state index in [1.165, 1.54) is 0 Å². The van der Waals surface area contributed by atoms with Crippen molar-refractivity contribution in [2.24, 2.45) is 4.99 Å². The van der Waals surface area contributed by atoms with Gasteiger partial charge in [-0.2, -0.15) is 4.99 Å². The Morgan fingerprint density at radius 1 is 1.55 bits per heavy atom. The summed E-state index contributed by atoms with van der Waals surface area (Å²) in [5.41, 5.74) is 0.699. The topological polar surface area (TPSA) is 12.4 Å². The minimum Gasteiger partial charge on any atom is -0.192 e. The molecule has 0 atom stereocenters. The maximum atomic E-state index is 5.82. The van der Waals surface area contributed by atoms with Crippen LogP contribution in [0.2, 0.25) is 5.02 Å². The van der Waals surface area contributed by atoms with Crippen molar-refractivity contribution in [3.05, 3.63) is 26.8 Å². The molecule has 0 bridgehead atoms. The Kier molecular flexibility index (Phi) is 3.45. The number of para-hydroxylation sites is 1. The Hall–Kier alpha value is 0.0400. The van der Waals surface area contributed by atoms with Crippen molar-refractivity contribution in [1.29, 1.82) is 0 Å². The zero-order valence-electron chi connectivity index (χ0n) is 5.34. The van der Waals surface area contributed by atoms with E-state index < -0.39 is 0 Å². The van der Waals surface area contributed by atoms with E-state index in [1.54, 1.807) is 6.07 Å². The number of benzene rings is 1. The van der Waals surface area contributed by atoms with Crippen molar-refractivity contribution >= 4 is 57.3 Å². The number of nitrogens with zero attached hydrogens (tertiary/aromatic N) is 1. The van der Waals surface area contributed by atoms with Crippen LogP contribution in [0.3, 0.4) is 0 Å². The average molecular weight is 296 g/mol. The van der Waals surface area contributed by atoms with Gasteiger partial charge in [0.15, 0.2) is 0 Å². The highest BCUT2D eigenvalue weighted by molar-refractivity contribution is 14.1. The monoisotopic (exact) mass is 295 g/mol. The van der Waals surface area contributed by atoms with Crippen LogP contribution >= 0.6 is 46.4 Å². The zero-order chi connectivity index (χ0) is 8.27. The van der Waals surface area contributed by atoms with Crippen molar-refractivity contribution in [3.8, 4) is 0 Å². The molecule has 1 aromatic rings. The second-order valence-corrected chi connectivity index (χ2v) is 3.53. The molecule has 56 valence electrons. The number of hydrogen-bond acceptors (Lipinski definition) is 2. The van der Waals surface area contributed by atoms with Crippen LogP contribution in [0.1, 0.15) is 0 Å². The quantitative estimate of drug-likeness (QED) is 0.437. The maximum absolute atomic E-state index is 5.82. The second-order valence-electron chi connectivity index (χ2n) is 1.77. The Labute approximate surface area is 88.6 Å². The van der Waals surface area contributed by atoms with Gasteiger partial charge < -0.3 is 0 Å². The summed E-state index contributed by atoms with van der Waals surface area (Å²) in [6.07, 6.45) is 0. The fraction of sp³-hybridized carbons (Fsp3) is 0. The van der Waals surface area contributed by atoms with Gasteiger partial charge in [-0.05, 0) is 46.9 Å². The lowest BCUT2D eigenvalue weighted by molar-refractivity contribution is 1.51.